The van der Waals surface area contributed by atoms with Crippen molar-refractivity contribution in [3.8, 4) is 5.75 Å². The highest BCUT2D eigenvalue weighted by Crippen LogP contribution is 2.25. The summed E-state index contributed by atoms with van der Waals surface area (Å²) in [6.45, 7) is 4.55. The zero-order chi connectivity index (χ0) is 14.0. The van der Waals surface area contributed by atoms with E-state index in [1.54, 1.807) is 12.1 Å². The lowest BCUT2D eigenvalue weighted by Crippen LogP contribution is -2.37. The number of phenols is 1. The zero-order valence-electron chi connectivity index (χ0n) is 11.6. The van der Waals surface area contributed by atoms with Gasteiger partial charge in [0, 0.05) is 6.42 Å². The monoisotopic (exact) mass is 280 g/mol. The Hall–Kier alpha value is -1.14. The molecule has 2 saturated heterocycles. The van der Waals surface area contributed by atoms with Gasteiger partial charge in [-0.15, -0.1) is 0 Å². The molecule has 0 spiro atoms. The van der Waals surface area contributed by atoms with Gasteiger partial charge in [-0.05, 0) is 24.6 Å². The third-order valence-corrected chi connectivity index (χ3v) is 3.42. The Morgan fingerprint density at radius 2 is 1.60 bits per heavy atom. The molecular weight excluding hydrogens is 260 g/mol. The number of hydrogen-bond donors (Lipinski definition) is 1. The van der Waals surface area contributed by atoms with Gasteiger partial charge in [0.15, 0.2) is 5.79 Å². The van der Waals surface area contributed by atoms with Crippen molar-refractivity contribution in [2.45, 2.75) is 31.3 Å². The molecular formula is C15H20O5. The maximum atomic E-state index is 9.33. The first-order valence-electron chi connectivity index (χ1n) is 6.92. The molecule has 0 amide bonds. The van der Waals surface area contributed by atoms with E-state index in [1.807, 2.05) is 19.1 Å². The molecule has 1 aromatic rings. The Balaban J connectivity index is 1.60. The molecule has 0 radical (unpaired) electrons. The van der Waals surface area contributed by atoms with E-state index in [-0.39, 0.29) is 18.0 Å². The maximum absolute atomic E-state index is 9.33. The summed E-state index contributed by atoms with van der Waals surface area (Å²) in [6, 6.07) is 7.09. The smallest absolute Gasteiger partial charge is 0.169 e. The van der Waals surface area contributed by atoms with Crippen LogP contribution in [0.4, 0.5) is 0 Å². The second-order valence-corrected chi connectivity index (χ2v) is 5.51. The van der Waals surface area contributed by atoms with Crippen LogP contribution in [0.15, 0.2) is 24.3 Å². The van der Waals surface area contributed by atoms with Crippen LogP contribution in [-0.4, -0.2) is 49.5 Å². The molecule has 3 rings (SSSR count). The van der Waals surface area contributed by atoms with Gasteiger partial charge < -0.3 is 24.1 Å². The lowest BCUT2D eigenvalue weighted by molar-refractivity contribution is -0.228. The normalized spacial score (nSPS) is 27.1. The van der Waals surface area contributed by atoms with E-state index in [2.05, 4.69) is 0 Å². The summed E-state index contributed by atoms with van der Waals surface area (Å²) < 4.78 is 22.1. The number of epoxide rings is 2. The first kappa shape index (κ1) is 13.8. The summed E-state index contributed by atoms with van der Waals surface area (Å²) in [4.78, 5) is 0. The topological polar surface area (TPSA) is 63.8 Å². The fourth-order valence-corrected chi connectivity index (χ4v) is 2.00. The molecule has 110 valence electrons. The van der Waals surface area contributed by atoms with Crippen molar-refractivity contribution in [3.63, 3.8) is 0 Å². The largest absolute Gasteiger partial charge is 0.508 e. The van der Waals surface area contributed by atoms with Gasteiger partial charge in [0.05, 0.1) is 26.4 Å². The predicted octanol–water partition coefficient (Wildman–Crippen LogP) is 1.48. The Morgan fingerprint density at radius 1 is 1.10 bits per heavy atom. The second kappa shape index (κ2) is 5.69. The number of rotatable bonds is 8. The lowest BCUT2D eigenvalue weighted by atomic mass is 10.1. The van der Waals surface area contributed by atoms with Crippen molar-refractivity contribution in [1.82, 2.24) is 0 Å². The minimum atomic E-state index is -0.700. The summed E-state index contributed by atoms with van der Waals surface area (Å²) in [5, 5.41) is 9.33. The van der Waals surface area contributed by atoms with E-state index in [0.29, 0.717) is 19.6 Å². The first-order valence-corrected chi connectivity index (χ1v) is 6.92. The molecule has 5 nitrogen and oxygen atoms in total. The third-order valence-electron chi connectivity index (χ3n) is 3.42. The van der Waals surface area contributed by atoms with E-state index in [4.69, 9.17) is 18.9 Å². The van der Waals surface area contributed by atoms with Crippen LogP contribution in [0, 0.1) is 0 Å². The maximum Gasteiger partial charge on any atom is 0.169 e. The van der Waals surface area contributed by atoms with Gasteiger partial charge in [0.2, 0.25) is 0 Å². The fraction of sp³-hybridized carbons (Fsp3) is 0.600. The van der Waals surface area contributed by atoms with Crippen LogP contribution in [-0.2, 0) is 25.4 Å². The van der Waals surface area contributed by atoms with Gasteiger partial charge in [-0.1, -0.05) is 12.1 Å². The van der Waals surface area contributed by atoms with Gasteiger partial charge >= 0.3 is 0 Å². The summed E-state index contributed by atoms with van der Waals surface area (Å²) in [6.07, 6.45) is 1.03. The standard InChI is InChI=1S/C15H20O5/c1-15(19-9-13-7-17-13,20-10-14-8-18-14)6-11-2-4-12(16)5-3-11/h2-5,13-14,16H,6-10H2,1H3. The Kier molecular flexibility index (Phi) is 3.94. The Bertz CT molecular complexity index is 420. The minimum Gasteiger partial charge on any atom is -0.508 e. The quantitative estimate of drug-likeness (QED) is 0.577. The lowest BCUT2D eigenvalue weighted by Gasteiger charge is -2.30. The highest BCUT2D eigenvalue weighted by Gasteiger charge is 2.34. The fourth-order valence-electron chi connectivity index (χ4n) is 2.00. The average molecular weight is 280 g/mol. The molecule has 5 heteroatoms. The van der Waals surface area contributed by atoms with Crippen molar-refractivity contribution in [1.29, 1.82) is 0 Å². The van der Waals surface area contributed by atoms with Crippen molar-refractivity contribution >= 4 is 0 Å². The summed E-state index contributed by atoms with van der Waals surface area (Å²) in [5.74, 6) is -0.440. The van der Waals surface area contributed by atoms with Gasteiger partial charge in [-0.25, -0.2) is 0 Å². The number of phenolic OH excluding ortho intramolecular Hbond substituents is 1. The highest BCUT2D eigenvalue weighted by atomic mass is 16.7. The van der Waals surface area contributed by atoms with Crippen LogP contribution < -0.4 is 0 Å². The zero-order valence-corrected chi connectivity index (χ0v) is 11.6. The number of hydrogen-bond acceptors (Lipinski definition) is 5. The molecule has 20 heavy (non-hydrogen) atoms. The second-order valence-electron chi connectivity index (χ2n) is 5.51. The van der Waals surface area contributed by atoms with Crippen LogP contribution in [0.2, 0.25) is 0 Å². The van der Waals surface area contributed by atoms with E-state index in [9.17, 15) is 5.11 Å². The first-order chi connectivity index (χ1) is 9.63. The minimum absolute atomic E-state index is 0.204. The summed E-state index contributed by atoms with van der Waals surface area (Å²) in [7, 11) is 0. The molecule has 0 bridgehead atoms. The van der Waals surface area contributed by atoms with Gasteiger partial charge in [-0.3, -0.25) is 0 Å². The molecule has 2 fully saturated rings. The van der Waals surface area contributed by atoms with Crippen molar-refractivity contribution in [2.75, 3.05) is 26.4 Å². The van der Waals surface area contributed by atoms with Crippen molar-refractivity contribution in [3.05, 3.63) is 29.8 Å². The molecule has 2 unspecified atom stereocenters. The Morgan fingerprint density at radius 3 is 2.05 bits per heavy atom. The third kappa shape index (κ3) is 4.18. The molecule has 2 atom stereocenters. The molecule has 1 aromatic carbocycles. The van der Waals surface area contributed by atoms with E-state index < -0.39 is 5.79 Å². The Labute approximate surface area is 118 Å². The van der Waals surface area contributed by atoms with Crippen LogP contribution in [0.25, 0.3) is 0 Å². The average Bonchev–Trinajstić information content (AvgIpc) is 3.31. The predicted molar refractivity (Wildman–Crippen MR) is 71.6 cm³/mol. The molecule has 0 aromatic heterocycles. The molecule has 0 saturated carbocycles. The summed E-state index contributed by atoms with van der Waals surface area (Å²) in [5.41, 5.74) is 1.05. The van der Waals surface area contributed by atoms with Crippen LogP contribution in [0.1, 0.15) is 12.5 Å². The van der Waals surface area contributed by atoms with E-state index >= 15 is 0 Å². The molecule has 0 aliphatic carbocycles. The molecule has 2 aliphatic rings. The summed E-state index contributed by atoms with van der Waals surface area (Å²) >= 11 is 0. The van der Waals surface area contributed by atoms with Gasteiger partial charge in [0.25, 0.3) is 0 Å². The SMILES string of the molecule is CC(Cc1ccc(O)cc1)(OCC1CO1)OCC1CO1. The number of aromatic hydroxyl groups is 1. The van der Waals surface area contributed by atoms with E-state index in [1.165, 1.54) is 0 Å². The van der Waals surface area contributed by atoms with Crippen LogP contribution in [0.3, 0.4) is 0 Å². The number of benzene rings is 1. The van der Waals surface area contributed by atoms with Crippen molar-refractivity contribution in [2.24, 2.45) is 0 Å². The molecule has 2 heterocycles. The number of ether oxygens (including phenoxy) is 4. The molecule has 1 N–H and O–H groups in total. The van der Waals surface area contributed by atoms with Crippen LogP contribution >= 0.6 is 0 Å². The molecule has 2 aliphatic heterocycles. The van der Waals surface area contributed by atoms with Crippen LogP contribution in [0.5, 0.6) is 5.75 Å². The highest BCUT2D eigenvalue weighted by molar-refractivity contribution is 5.26. The van der Waals surface area contributed by atoms with Crippen molar-refractivity contribution < 1.29 is 24.1 Å². The van der Waals surface area contributed by atoms with Gasteiger partial charge in [0.1, 0.15) is 18.0 Å². The van der Waals surface area contributed by atoms with Gasteiger partial charge in [-0.2, -0.15) is 0 Å². The van der Waals surface area contributed by atoms with E-state index in [0.717, 1.165) is 18.8 Å².